The first-order valence-corrected chi connectivity index (χ1v) is 8.55. The van der Waals surface area contributed by atoms with Crippen molar-refractivity contribution in [3.8, 4) is 0 Å². The number of ether oxygens (including phenoxy) is 3. The molecule has 2 aliphatic rings. The maximum Gasteiger partial charge on any atom is 0.149 e. The summed E-state index contributed by atoms with van der Waals surface area (Å²) < 4.78 is 16.8. The Morgan fingerprint density at radius 1 is 1.17 bits per heavy atom. The summed E-state index contributed by atoms with van der Waals surface area (Å²) in [6.45, 7) is 2.39. The summed E-state index contributed by atoms with van der Waals surface area (Å²) in [5.74, 6) is 0. The van der Waals surface area contributed by atoms with Gasteiger partial charge in [0.2, 0.25) is 0 Å². The quantitative estimate of drug-likeness (QED) is 0.418. The highest BCUT2D eigenvalue weighted by Crippen LogP contribution is 2.39. The van der Waals surface area contributed by atoms with Gasteiger partial charge in [-0.25, -0.2) is 0 Å². The maximum absolute atomic E-state index is 6.23. The third-order valence-corrected chi connectivity index (χ3v) is 4.77. The number of hydrogen-bond donors (Lipinski definition) is 0. The first-order valence-electron chi connectivity index (χ1n) is 8.55. The molecular formula is C19H27NO3. The van der Waals surface area contributed by atoms with Gasteiger partial charge in [-0.2, -0.15) is 0 Å². The molecule has 4 heteroatoms. The Morgan fingerprint density at radius 3 is 2.87 bits per heavy atom. The van der Waals surface area contributed by atoms with Crippen LogP contribution in [0.2, 0.25) is 0 Å². The van der Waals surface area contributed by atoms with Gasteiger partial charge < -0.3 is 14.2 Å². The molecule has 0 spiro atoms. The molecule has 1 saturated heterocycles. The Morgan fingerprint density at radius 2 is 2.04 bits per heavy atom. The first-order chi connectivity index (χ1) is 11.3. The van der Waals surface area contributed by atoms with Crippen LogP contribution >= 0.6 is 0 Å². The Kier molecular flexibility index (Phi) is 5.84. The molecule has 1 aromatic rings. The van der Waals surface area contributed by atoms with Crippen molar-refractivity contribution in [2.75, 3.05) is 27.1 Å². The van der Waals surface area contributed by atoms with Crippen LogP contribution in [0, 0.1) is 0 Å². The molecule has 0 aromatic heterocycles. The van der Waals surface area contributed by atoms with E-state index in [1.165, 1.54) is 24.8 Å². The Bertz CT molecular complexity index is 505. The van der Waals surface area contributed by atoms with Crippen molar-refractivity contribution in [3.05, 3.63) is 48.0 Å². The van der Waals surface area contributed by atoms with Gasteiger partial charge in [0.25, 0.3) is 0 Å². The van der Waals surface area contributed by atoms with Crippen molar-refractivity contribution >= 4 is 0 Å². The number of nitrogens with zero attached hydrogens (tertiary/aromatic N) is 1. The van der Waals surface area contributed by atoms with Crippen molar-refractivity contribution in [1.29, 1.82) is 0 Å². The van der Waals surface area contributed by atoms with Crippen LogP contribution in [-0.4, -0.2) is 43.8 Å². The van der Waals surface area contributed by atoms with E-state index in [4.69, 9.17) is 14.2 Å². The van der Waals surface area contributed by atoms with Gasteiger partial charge in [-0.1, -0.05) is 42.8 Å². The van der Waals surface area contributed by atoms with Crippen molar-refractivity contribution in [2.24, 2.45) is 0 Å². The number of methoxy groups -OCH3 is 1. The standard InChI is InChI=1S/C19H27NO3/c1-21-13-14-22-16-23-19-11-6-5-9-18(10-12-19)20(19)15-17-7-3-2-4-8-17/h2-4,7-8,10,12,18H,5-6,9,11,13-16H2,1H3/t18-,19-/m0/s1. The molecule has 0 N–H and O–H groups in total. The zero-order valence-corrected chi connectivity index (χ0v) is 13.9. The minimum Gasteiger partial charge on any atom is -0.382 e. The molecule has 0 amide bonds. The topological polar surface area (TPSA) is 30.9 Å². The second-order valence-corrected chi connectivity index (χ2v) is 6.29. The fourth-order valence-corrected chi connectivity index (χ4v) is 3.53. The molecule has 0 saturated carbocycles. The van der Waals surface area contributed by atoms with Crippen molar-refractivity contribution in [3.63, 3.8) is 0 Å². The van der Waals surface area contributed by atoms with Crippen LogP contribution in [0.3, 0.4) is 0 Å². The Hall–Kier alpha value is -1.20. The monoisotopic (exact) mass is 317 g/mol. The minimum atomic E-state index is -0.315. The number of rotatable bonds is 8. The fourth-order valence-electron chi connectivity index (χ4n) is 3.53. The zero-order valence-electron chi connectivity index (χ0n) is 13.9. The van der Waals surface area contributed by atoms with E-state index in [2.05, 4.69) is 47.4 Å². The largest absolute Gasteiger partial charge is 0.382 e. The molecule has 3 rings (SSSR count). The Balaban J connectivity index is 1.67. The minimum absolute atomic E-state index is 0.311. The summed E-state index contributed by atoms with van der Waals surface area (Å²) in [6.07, 6.45) is 9.26. The predicted molar refractivity (Wildman–Crippen MR) is 89.9 cm³/mol. The third-order valence-electron chi connectivity index (χ3n) is 4.77. The van der Waals surface area contributed by atoms with Crippen LogP contribution in [0.1, 0.15) is 31.2 Å². The van der Waals surface area contributed by atoms with Crippen LogP contribution < -0.4 is 0 Å². The highest BCUT2D eigenvalue weighted by molar-refractivity contribution is 5.21. The van der Waals surface area contributed by atoms with Crippen molar-refractivity contribution in [1.82, 2.24) is 4.90 Å². The van der Waals surface area contributed by atoms with Gasteiger partial charge >= 0.3 is 0 Å². The average Bonchev–Trinajstić information content (AvgIpc) is 2.79. The smallest absolute Gasteiger partial charge is 0.149 e. The fraction of sp³-hybridized carbons (Fsp3) is 0.579. The van der Waals surface area contributed by atoms with E-state index < -0.39 is 0 Å². The lowest BCUT2D eigenvalue weighted by Crippen LogP contribution is -2.48. The van der Waals surface area contributed by atoms with E-state index in [9.17, 15) is 0 Å². The molecule has 4 nitrogen and oxygen atoms in total. The summed E-state index contributed by atoms with van der Waals surface area (Å²) in [7, 11) is 1.68. The lowest BCUT2D eigenvalue weighted by molar-refractivity contribution is -0.191. The van der Waals surface area contributed by atoms with E-state index in [0.29, 0.717) is 26.0 Å². The van der Waals surface area contributed by atoms with Crippen molar-refractivity contribution in [2.45, 2.75) is 44.0 Å². The van der Waals surface area contributed by atoms with Gasteiger partial charge in [0.1, 0.15) is 12.5 Å². The summed E-state index contributed by atoms with van der Waals surface area (Å²) in [5.41, 5.74) is 1.01. The molecule has 2 bridgehead atoms. The van der Waals surface area contributed by atoms with Gasteiger partial charge in [0.05, 0.1) is 13.2 Å². The van der Waals surface area contributed by atoms with Crippen LogP contribution in [0.5, 0.6) is 0 Å². The van der Waals surface area contributed by atoms with E-state index in [1.54, 1.807) is 7.11 Å². The molecule has 0 unspecified atom stereocenters. The molecule has 0 radical (unpaired) electrons. The molecule has 0 aliphatic carbocycles. The zero-order chi connectivity index (χ0) is 16.0. The second-order valence-electron chi connectivity index (χ2n) is 6.29. The lowest BCUT2D eigenvalue weighted by Gasteiger charge is -2.39. The van der Waals surface area contributed by atoms with Crippen LogP contribution in [-0.2, 0) is 20.8 Å². The number of hydrogen-bond acceptors (Lipinski definition) is 4. The number of benzene rings is 1. The highest BCUT2D eigenvalue weighted by atomic mass is 16.7. The van der Waals surface area contributed by atoms with Crippen LogP contribution in [0.4, 0.5) is 0 Å². The molecule has 1 aromatic carbocycles. The summed E-state index contributed by atoms with van der Waals surface area (Å²) in [5, 5.41) is 0. The highest BCUT2D eigenvalue weighted by Gasteiger charge is 2.44. The maximum atomic E-state index is 6.23. The van der Waals surface area contributed by atoms with Gasteiger partial charge in [0.15, 0.2) is 0 Å². The molecule has 23 heavy (non-hydrogen) atoms. The molecule has 1 fully saturated rings. The van der Waals surface area contributed by atoms with Gasteiger partial charge in [-0.3, -0.25) is 4.90 Å². The second kappa shape index (κ2) is 8.06. The van der Waals surface area contributed by atoms with E-state index in [1.807, 2.05) is 0 Å². The SMILES string of the molecule is COCCOCO[C@]12C=C[C@H](CCCC1)N2Cc1ccccc1. The van der Waals surface area contributed by atoms with Gasteiger partial charge in [-0.05, 0) is 30.9 Å². The van der Waals surface area contributed by atoms with Crippen LogP contribution in [0.15, 0.2) is 42.5 Å². The normalized spacial score (nSPS) is 27.3. The molecule has 126 valence electrons. The molecular weight excluding hydrogens is 290 g/mol. The van der Waals surface area contributed by atoms with Gasteiger partial charge in [0, 0.05) is 19.7 Å². The molecule has 2 atom stereocenters. The average molecular weight is 317 g/mol. The van der Waals surface area contributed by atoms with Crippen molar-refractivity contribution < 1.29 is 14.2 Å². The van der Waals surface area contributed by atoms with E-state index in [0.717, 1.165) is 13.0 Å². The van der Waals surface area contributed by atoms with E-state index >= 15 is 0 Å². The molecule has 2 heterocycles. The molecule has 2 aliphatic heterocycles. The lowest BCUT2D eigenvalue weighted by atomic mass is 10.0. The summed E-state index contributed by atoms with van der Waals surface area (Å²) in [4.78, 5) is 2.50. The first kappa shape index (κ1) is 16.7. The predicted octanol–water partition coefficient (Wildman–Crippen LogP) is 3.33. The van der Waals surface area contributed by atoms with Crippen LogP contribution in [0.25, 0.3) is 0 Å². The summed E-state index contributed by atoms with van der Waals surface area (Å²) >= 11 is 0. The number of fused-ring (bicyclic) bond motifs is 2. The van der Waals surface area contributed by atoms with Gasteiger partial charge in [-0.15, -0.1) is 0 Å². The van der Waals surface area contributed by atoms with E-state index in [-0.39, 0.29) is 5.72 Å². The third kappa shape index (κ3) is 4.01. The Labute approximate surface area is 139 Å². The summed E-state index contributed by atoms with van der Waals surface area (Å²) in [6, 6.07) is 11.1.